The summed E-state index contributed by atoms with van der Waals surface area (Å²) in [7, 11) is 0. The number of nitriles is 2. The highest BCUT2D eigenvalue weighted by Gasteiger charge is 2.42. The lowest BCUT2D eigenvalue weighted by molar-refractivity contribution is -0.137. The third-order valence-electron chi connectivity index (χ3n) is 5.25. The van der Waals surface area contributed by atoms with E-state index in [9.17, 15) is 23.2 Å². The van der Waals surface area contributed by atoms with Gasteiger partial charge < -0.3 is 4.90 Å². The standard InChI is InChI=1S/C23H17F3N4O/c1-13-20(14(2)31)21(16-8-6-15(11-27)7-9-16)19(12-28)22(29)30(13)18-5-3-4-17(10-18)23(24,25)26/h3-10,19,21,29H,1-2H3. The second-order valence-electron chi connectivity index (χ2n) is 7.14. The fourth-order valence-electron chi connectivity index (χ4n) is 3.88. The number of carbonyl (C=O) groups excluding carboxylic acids is 1. The summed E-state index contributed by atoms with van der Waals surface area (Å²) >= 11 is 0. The van der Waals surface area contributed by atoms with Crippen molar-refractivity contribution in [1.82, 2.24) is 0 Å². The van der Waals surface area contributed by atoms with Gasteiger partial charge in [-0.3, -0.25) is 10.2 Å². The first-order valence-electron chi connectivity index (χ1n) is 9.27. The highest BCUT2D eigenvalue weighted by molar-refractivity contribution is 6.09. The zero-order chi connectivity index (χ0) is 22.9. The molecule has 1 heterocycles. The van der Waals surface area contributed by atoms with Crippen molar-refractivity contribution >= 4 is 17.3 Å². The van der Waals surface area contributed by atoms with Crippen molar-refractivity contribution in [3.8, 4) is 12.1 Å². The molecule has 0 spiro atoms. The van der Waals surface area contributed by atoms with Crippen molar-refractivity contribution in [3.05, 3.63) is 76.5 Å². The van der Waals surface area contributed by atoms with Gasteiger partial charge in [0.25, 0.3) is 0 Å². The van der Waals surface area contributed by atoms with E-state index in [0.717, 1.165) is 12.1 Å². The topological polar surface area (TPSA) is 91.7 Å². The van der Waals surface area contributed by atoms with Gasteiger partial charge in [0.15, 0.2) is 5.78 Å². The number of allylic oxidation sites excluding steroid dienone is 2. The molecule has 0 aromatic heterocycles. The van der Waals surface area contributed by atoms with E-state index in [1.54, 1.807) is 31.2 Å². The minimum absolute atomic E-state index is 0.0506. The Balaban J connectivity index is 2.22. The number of halogens is 3. The zero-order valence-corrected chi connectivity index (χ0v) is 16.7. The van der Waals surface area contributed by atoms with Crippen molar-refractivity contribution in [2.45, 2.75) is 25.9 Å². The molecule has 1 N–H and O–H groups in total. The summed E-state index contributed by atoms with van der Waals surface area (Å²) in [6, 6.07) is 14.8. The molecular formula is C23H17F3N4O. The quantitative estimate of drug-likeness (QED) is 0.739. The Bertz CT molecular complexity index is 1170. The van der Waals surface area contributed by atoms with Crippen molar-refractivity contribution in [3.63, 3.8) is 0 Å². The Morgan fingerprint density at radius 3 is 2.29 bits per heavy atom. The number of hydrogen-bond donors (Lipinski definition) is 1. The molecule has 1 aliphatic heterocycles. The van der Waals surface area contributed by atoms with Gasteiger partial charge in [0.1, 0.15) is 11.8 Å². The van der Waals surface area contributed by atoms with Crippen LogP contribution in [-0.2, 0) is 11.0 Å². The summed E-state index contributed by atoms with van der Waals surface area (Å²) in [5.74, 6) is -2.45. The number of anilines is 1. The SMILES string of the molecule is CC(=O)C1=C(C)N(c2cccc(C(F)(F)F)c2)C(=N)C(C#N)C1c1ccc(C#N)cc1. The second kappa shape index (κ2) is 8.08. The zero-order valence-electron chi connectivity index (χ0n) is 16.7. The predicted molar refractivity (Wildman–Crippen MR) is 108 cm³/mol. The van der Waals surface area contributed by atoms with Gasteiger partial charge in [-0.2, -0.15) is 23.7 Å². The van der Waals surface area contributed by atoms with Gasteiger partial charge in [0.05, 0.1) is 23.3 Å². The fourth-order valence-corrected chi connectivity index (χ4v) is 3.88. The summed E-state index contributed by atoms with van der Waals surface area (Å²) in [6.07, 6.45) is -4.57. The van der Waals surface area contributed by atoms with Crippen molar-refractivity contribution in [2.24, 2.45) is 5.92 Å². The number of rotatable bonds is 3. The fraction of sp³-hybridized carbons (Fsp3) is 0.217. The molecule has 31 heavy (non-hydrogen) atoms. The molecule has 2 unspecified atom stereocenters. The molecule has 2 aromatic carbocycles. The van der Waals surface area contributed by atoms with E-state index >= 15 is 0 Å². The Kier molecular flexibility index (Phi) is 5.68. The van der Waals surface area contributed by atoms with Crippen molar-refractivity contribution < 1.29 is 18.0 Å². The average Bonchev–Trinajstić information content (AvgIpc) is 2.73. The van der Waals surface area contributed by atoms with Crippen LogP contribution in [0, 0.1) is 34.0 Å². The van der Waals surface area contributed by atoms with Crippen LogP contribution in [0.2, 0.25) is 0 Å². The minimum Gasteiger partial charge on any atom is -0.301 e. The van der Waals surface area contributed by atoms with Crippen molar-refractivity contribution in [1.29, 1.82) is 15.9 Å². The van der Waals surface area contributed by atoms with Gasteiger partial charge in [0, 0.05) is 22.9 Å². The third kappa shape index (κ3) is 3.93. The lowest BCUT2D eigenvalue weighted by Gasteiger charge is -2.39. The van der Waals surface area contributed by atoms with Gasteiger partial charge in [-0.15, -0.1) is 0 Å². The van der Waals surface area contributed by atoms with E-state index < -0.39 is 23.6 Å². The van der Waals surface area contributed by atoms with E-state index in [4.69, 9.17) is 10.7 Å². The summed E-state index contributed by atoms with van der Waals surface area (Å²) in [5, 5.41) is 27.5. The monoisotopic (exact) mass is 422 g/mol. The van der Waals surface area contributed by atoms with Crippen LogP contribution in [0.1, 0.15) is 36.5 Å². The van der Waals surface area contributed by atoms with E-state index in [2.05, 4.69) is 0 Å². The molecule has 156 valence electrons. The molecule has 5 nitrogen and oxygen atoms in total. The predicted octanol–water partition coefficient (Wildman–Crippen LogP) is 5.16. The number of alkyl halides is 3. The summed E-state index contributed by atoms with van der Waals surface area (Å²) in [5.41, 5.74) is 0.664. The molecule has 0 fully saturated rings. The van der Waals surface area contributed by atoms with Crippen molar-refractivity contribution in [2.75, 3.05) is 4.90 Å². The smallest absolute Gasteiger partial charge is 0.301 e. The Labute approximate surface area is 177 Å². The highest BCUT2D eigenvalue weighted by Crippen LogP contribution is 2.43. The van der Waals surface area contributed by atoms with E-state index in [0.29, 0.717) is 11.1 Å². The highest BCUT2D eigenvalue weighted by atomic mass is 19.4. The molecule has 2 atom stereocenters. The molecule has 0 bridgehead atoms. The van der Waals surface area contributed by atoms with E-state index in [1.807, 2.05) is 12.1 Å². The first kappa shape index (κ1) is 21.8. The third-order valence-corrected chi connectivity index (χ3v) is 5.25. The van der Waals surface area contributed by atoms with Crippen LogP contribution in [0.25, 0.3) is 0 Å². The van der Waals surface area contributed by atoms with Gasteiger partial charge in [-0.05, 0) is 49.7 Å². The molecule has 3 rings (SSSR count). The van der Waals surface area contributed by atoms with E-state index in [-0.39, 0.29) is 28.6 Å². The Morgan fingerprint density at radius 2 is 1.77 bits per heavy atom. The van der Waals surface area contributed by atoms with Crippen LogP contribution in [0.5, 0.6) is 0 Å². The largest absolute Gasteiger partial charge is 0.416 e. The first-order chi connectivity index (χ1) is 14.6. The Hall–Kier alpha value is -3.91. The average molecular weight is 422 g/mol. The van der Waals surface area contributed by atoms with Gasteiger partial charge in [0.2, 0.25) is 0 Å². The molecular weight excluding hydrogens is 405 g/mol. The van der Waals surface area contributed by atoms with Crippen LogP contribution >= 0.6 is 0 Å². The molecule has 8 heteroatoms. The maximum atomic E-state index is 13.2. The van der Waals surface area contributed by atoms with Gasteiger partial charge in [-0.1, -0.05) is 18.2 Å². The number of benzene rings is 2. The molecule has 0 radical (unpaired) electrons. The molecule has 2 aromatic rings. The molecule has 0 amide bonds. The van der Waals surface area contributed by atoms with Crippen LogP contribution in [0.4, 0.5) is 18.9 Å². The minimum atomic E-state index is -4.57. The second-order valence-corrected chi connectivity index (χ2v) is 7.14. The first-order valence-corrected chi connectivity index (χ1v) is 9.27. The maximum Gasteiger partial charge on any atom is 0.416 e. The maximum absolute atomic E-state index is 13.2. The number of carbonyl (C=O) groups is 1. The Morgan fingerprint density at radius 1 is 1.13 bits per heavy atom. The number of ketones is 1. The number of Topliss-reactive ketones (excluding diaryl/α,β-unsaturated/α-hetero) is 1. The lowest BCUT2D eigenvalue weighted by Crippen LogP contribution is -2.43. The summed E-state index contributed by atoms with van der Waals surface area (Å²) in [4.78, 5) is 13.8. The molecule has 0 saturated carbocycles. The number of nitrogens with one attached hydrogen (secondary N) is 1. The molecule has 0 saturated heterocycles. The number of amidine groups is 1. The summed E-state index contributed by atoms with van der Waals surface area (Å²) < 4.78 is 39.6. The van der Waals surface area contributed by atoms with E-state index in [1.165, 1.54) is 24.0 Å². The lowest BCUT2D eigenvalue weighted by atomic mass is 9.75. The van der Waals surface area contributed by atoms with Gasteiger partial charge in [-0.25, -0.2) is 0 Å². The van der Waals surface area contributed by atoms with Crippen LogP contribution < -0.4 is 4.90 Å². The molecule has 0 aliphatic carbocycles. The number of hydrogen-bond acceptors (Lipinski definition) is 4. The van der Waals surface area contributed by atoms with Crippen LogP contribution in [0.3, 0.4) is 0 Å². The van der Waals surface area contributed by atoms with Crippen LogP contribution in [-0.4, -0.2) is 11.6 Å². The van der Waals surface area contributed by atoms with Crippen LogP contribution in [0.15, 0.2) is 59.8 Å². The molecule has 1 aliphatic rings. The summed E-state index contributed by atoms with van der Waals surface area (Å²) in [6.45, 7) is 2.87. The van der Waals surface area contributed by atoms with Gasteiger partial charge >= 0.3 is 6.18 Å². The normalized spacial score (nSPS) is 19.1. The number of nitrogens with zero attached hydrogens (tertiary/aromatic N) is 3.